The van der Waals surface area contributed by atoms with Gasteiger partial charge in [-0.3, -0.25) is 14.4 Å². The van der Waals surface area contributed by atoms with Gasteiger partial charge >= 0.3 is 5.97 Å². The van der Waals surface area contributed by atoms with Crippen molar-refractivity contribution < 1.29 is 19.1 Å². The molecule has 1 rings (SSSR count). The zero-order valence-corrected chi connectivity index (χ0v) is 14.1. The van der Waals surface area contributed by atoms with Gasteiger partial charge in [-0.1, -0.05) is 25.4 Å². The lowest BCUT2D eigenvalue weighted by molar-refractivity contribution is -0.140. The Kier molecular flexibility index (Phi) is 7.54. The summed E-state index contributed by atoms with van der Waals surface area (Å²) in [7, 11) is 1.29. The molecule has 0 saturated carbocycles. The van der Waals surface area contributed by atoms with Gasteiger partial charge in [-0.05, 0) is 30.2 Å². The van der Waals surface area contributed by atoms with Crippen molar-refractivity contribution in [1.82, 2.24) is 10.6 Å². The van der Waals surface area contributed by atoms with E-state index in [1.54, 1.807) is 24.3 Å². The number of hydrogen-bond donors (Lipinski definition) is 2. The topological polar surface area (TPSA) is 84.5 Å². The Morgan fingerprint density at radius 2 is 1.78 bits per heavy atom. The zero-order valence-electron chi connectivity index (χ0n) is 13.4. The number of rotatable bonds is 7. The van der Waals surface area contributed by atoms with E-state index < -0.39 is 12.0 Å². The quantitative estimate of drug-likeness (QED) is 0.741. The molecule has 23 heavy (non-hydrogen) atoms. The molecule has 7 heteroatoms. The number of carbonyl (C=O) groups is 3. The number of ether oxygens (including phenoxy) is 1. The number of benzene rings is 1. The van der Waals surface area contributed by atoms with Gasteiger partial charge in [0.25, 0.3) is 5.91 Å². The van der Waals surface area contributed by atoms with Crippen molar-refractivity contribution in [3.63, 3.8) is 0 Å². The van der Waals surface area contributed by atoms with Gasteiger partial charge in [0, 0.05) is 17.1 Å². The van der Waals surface area contributed by atoms with Crippen LogP contribution in [0.15, 0.2) is 24.3 Å². The molecule has 1 atom stereocenters. The van der Waals surface area contributed by atoms with Gasteiger partial charge in [0.15, 0.2) is 0 Å². The molecule has 0 aliphatic heterocycles. The molecule has 6 nitrogen and oxygen atoms in total. The van der Waals surface area contributed by atoms with Crippen LogP contribution in [0.4, 0.5) is 0 Å². The van der Waals surface area contributed by atoms with Gasteiger partial charge in [-0.2, -0.15) is 0 Å². The summed E-state index contributed by atoms with van der Waals surface area (Å²) in [4.78, 5) is 35.4. The maximum atomic E-state index is 12.2. The molecule has 126 valence electrons. The minimum absolute atomic E-state index is 0.0815. The highest BCUT2D eigenvalue weighted by atomic mass is 35.5. The highest BCUT2D eigenvalue weighted by molar-refractivity contribution is 6.30. The Labute approximate surface area is 140 Å². The van der Waals surface area contributed by atoms with Crippen molar-refractivity contribution in [2.75, 3.05) is 13.7 Å². The minimum Gasteiger partial charge on any atom is -0.469 e. The minimum atomic E-state index is -0.698. The molecule has 2 amide bonds. The number of carbonyl (C=O) groups excluding carboxylic acids is 3. The first-order valence-corrected chi connectivity index (χ1v) is 7.64. The highest BCUT2D eigenvalue weighted by Gasteiger charge is 2.24. The second-order valence-electron chi connectivity index (χ2n) is 5.32. The van der Waals surface area contributed by atoms with Crippen molar-refractivity contribution in [2.24, 2.45) is 5.92 Å². The van der Waals surface area contributed by atoms with Crippen LogP contribution >= 0.6 is 11.6 Å². The first kappa shape index (κ1) is 19.0. The molecular formula is C16H21ClN2O4. The lowest BCUT2D eigenvalue weighted by Gasteiger charge is -2.21. The van der Waals surface area contributed by atoms with Crippen LogP contribution in [0.5, 0.6) is 0 Å². The van der Waals surface area contributed by atoms with E-state index in [4.69, 9.17) is 11.6 Å². The van der Waals surface area contributed by atoms with E-state index in [1.807, 2.05) is 13.8 Å². The number of esters is 1. The molecule has 0 bridgehead atoms. The molecule has 1 aromatic rings. The monoisotopic (exact) mass is 340 g/mol. The van der Waals surface area contributed by atoms with Crippen LogP contribution in [0.2, 0.25) is 5.02 Å². The number of halogens is 1. The van der Waals surface area contributed by atoms with Crippen LogP contribution in [-0.2, 0) is 14.3 Å². The SMILES string of the molecule is COC(=O)CCNC(=O)C(NC(=O)c1ccc(Cl)cc1)C(C)C. The lowest BCUT2D eigenvalue weighted by atomic mass is 10.0. The molecule has 0 radical (unpaired) electrons. The predicted molar refractivity (Wildman–Crippen MR) is 87.2 cm³/mol. The van der Waals surface area contributed by atoms with Crippen LogP contribution in [0, 0.1) is 5.92 Å². The van der Waals surface area contributed by atoms with Crippen molar-refractivity contribution in [3.05, 3.63) is 34.9 Å². The fourth-order valence-corrected chi connectivity index (χ4v) is 1.99. The second kappa shape index (κ2) is 9.15. The molecule has 0 fully saturated rings. The van der Waals surface area contributed by atoms with E-state index in [-0.39, 0.29) is 30.7 Å². The molecule has 1 unspecified atom stereocenters. The van der Waals surface area contributed by atoms with Crippen molar-refractivity contribution in [1.29, 1.82) is 0 Å². The van der Waals surface area contributed by atoms with E-state index in [0.29, 0.717) is 10.6 Å². The van der Waals surface area contributed by atoms with Gasteiger partial charge in [0.05, 0.1) is 13.5 Å². The van der Waals surface area contributed by atoms with Crippen LogP contribution in [0.25, 0.3) is 0 Å². The summed E-state index contributed by atoms with van der Waals surface area (Å²) in [5, 5.41) is 5.84. The van der Waals surface area contributed by atoms with Gasteiger partial charge in [-0.25, -0.2) is 0 Å². The number of hydrogen-bond acceptors (Lipinski definition) is 4. The smallest absolute Gasteiger partial charge is 0.307 e. The largest absolute Gasteiger partial charge is 0.469 e. The Bertz CT molecular complexity index is 558. The van der Waals surface area contributed by atoms with Gasteiger partial charge in [-0.15, -0.1) is 0 Å². The molecule has 1 aromatic carbocycles. The molecule has 2 N–H and O–H groups in total. The third-order valence-corrected chi connectivity index (χ3v) is 3.45. The second-order valence-corrected chi connectivity index (χ2v) is 5.76. The summed E-state index contributed by atoms with van der Waals surface area (Å²) in [6, 6.07) is 5.69. The van der Waals surface area contributed by atoms with E-state index in [1.165, 1.54) is 7.11 Å². The fraction of sp³-hybridized carbons (Fsp3) is 0.438. The zero-order chi connectivity index (χ0) is 17.4. The Morgan fingerprint density at radius 3 is 2.30 bits per heavy atom. The Hall–Kier alpha value is -2.08. The Balaban J connectivity index is 2.63. The maximum Gasteiger partial charge on any atom is 0.307 e. The molecule has 0 aliphatic carbocycles. The van der Waals surface area contributed by atoms with Crippen LogP contribution in [0.3, 0.4) is 0 Å². The van der Waals surface area contributed by atoms with E-state index >= 15 is 0 Å². The first-order chi connectivity index (χ1) is 10.8. The highest BCUT2D eigenvalue weighted by Crippen LogP contribution is 2.10. The standard InChI is InChI=1S/C16H21ClN2O4/c1-10(2)14(16(22)18-9-8-13(20)23-3)19-15(21)11-4-6-12(17)7-5-11/h4-7,10,14H,8-9H2,1-3H3,(H,18,22)(H,19,21). The normalized spacial score (nSPS) is 11.7. The van der Waals surface area contributed by atoms with Gasteiger partial charge in [0.2, 0.25) is 5.91 Å². The van der Waals surface area contributed by atoms with Crippen molar-refractivity contribution in [3.8, 4) is 0 Å². The van der Waals surface area contributed by atoms with Crippen LogP contribution in [-0.4, -0.2) is 37.5 Å². The van der Waals surface area contributed by atoms with Gasteiger partial charge < -0.3 is 15.4 Å². The third-order valence-electron chi connectivity index (χ3n) is 3.20. The molecular weight excluding hydrogens is 320 g/mol. The van der Waals surface area contributed by atoms with E-state index in [9.17, 15) is 14.4 Å². The maximum absolute atomic E-state index is 12.2. The molecule has 0 saturated heterocycles. The number of nitrogens with one attached hydrogen (secondary N) is 2. The fourth-order valence-electron chi connectivity index (χ4n) is 1.86. The number of amides is 2. The predicted octanol–water partition coefficient (Wildman–Crippen LogP) is 1.77. The van der Waals surface area contributed by atoms with Crippen molar-refractivity contribution in [2.45, 2.75) is 26.3 Å². The summed E-state index contributed by atoms with van der Waals surface area (Å²) in [5.74, 6) is -1.21. The van der Waals surface area contributed by atoms with Crippen LogP contribution in [0.1, 0.15) is 30.6 Å². The average Bonchev–Trinajstić information content (AvgIpc) is 2.52. The average molecular weight is 341 g/mol. The summed E-state index contributed by atoms with van der Waals surface area (Å²) >= 11 is 5.78. The molecule has 0 aliphatic rings. The summed E-state index contributed by atoms with van der Waals surface area (Å²) < 4.78 is 4.50. The molecule has 0 aromatic heterocycles. The Morgan fingerprint density at radius 1 is 1.17 bits per heavy atom. The first-order valence-electron chi connectivity index (χ1n) is 7.26. The molecule has 0 spiro atoms. The summed E-state index contributed by atoms with van der Waals surface area (Å²) in [6.07, 6.45) is 0.0815. The summed E-state index contributed by atoms with van der Waals surface area (Å²) in [6.45, 7) is 3.81. The lowest BCUT2D eigenvalue weighted by Crippen LogP contribution is -2.50. The van der Waals surface area contributed by atoms with Crippen LogP contribution < -0.4 is 10.6 Å². The van der Waals surface area contributed by atoms with E-state index in [0.717, 1.165) is 0 Å². The molecule has 0 heterocycles. The third kappa shape index (κ3) is 6.28. The summed E-state index contributed by atoms with van der Waals surface area (Å²) in [5.41, 5.74) is 0.419. The number of methoxy groups -OCH3 is 1. The van der Waals surface area contributed by atoms with E-state index in [2.05, 4.69) is 15.4 Å². The van der Waals surface area contributed by atoms with Crippen molar-refractivity contribution >= 4 is 29.4 Å². The van der Waals surface area contributed by atoms with Gasteiger partial charge in [0.1, 0.15) is 6.04 Å².